The molecular formula is C15H17F2N3. The minimum atomic E-state index is -0.817. The van der Waals surface area contributed by atoms with Crippen LogP contribution in [0.1, 0.15) is 29.7 Å². The molecule has 20 heavy (non-hydrogen) atoms. The molecule has 3 rings (SSSR count). The van der Waals surface area contributed by atoms with Crippen LogP contribution in [0, 0.1) is 18.6 Å². The molecule has 0 saturated heterocycles. The molecule has 1 aromatic carbocycles. The molecular weight excluding hydrogens is 260 g/mol. The van der Waals surface area contributed by atoms with Gasteiger partial charge >= 0.3 is 0 Å². The molecule has 1 N–H and O–H groups in total. The molecule has 1 aliphatic rings. The number of nitrogens with one attached hydrogen (secondary N) is 1. The van der Waals surface area contributed by atoms with Crippen molar-refractivity contribution in [1.29, 1.82) is 0 Å². The van der Waals surface area contributed by atoms with Crippen molar-refractivity contribution in [2.75, 3.05) is 0 Å². The Morgan fingerprint density at radius 3 is 2.85 bits per heavy atom. The number of hydrogen-bond acceptors (Lipinski definition) is 2. The number of rotatable bonds is 5. The summed E-state index contributed by atoms with van der Waals surface area (Å²) in [7, 11) is 0. The minimum absolute atomic E-state index is 0.249. The fraction of sp³-hybridized carbons (Fsp3) is 0.400. The van der Waals surface area contributed by atoms with Crippen LogP contribution >= 0.6 is 0 Å². The highest BCUT2D eigenvalue weighted by Gasteiger charge is 2.21. The molecule has 2 aromatic rings. The average molecular weight is 277 g/mol. The lowest BCUT2D eigenvalue weighted by molar-refractivity contribution is 0.490. The Balaban J connectivity index is 1.75. The SMILES string of the molecule is Cc1c(CNC2CC2)cnn1Cc1cccc(F)c1F. The van der Waals surface area contributed by atoms with Crippen LogP contribution in [0.4, 0.5) is 8.78 Å². The van der Waals surface area contributed by atoms with Crippen LogP contribution in [0.25, 0.3) is 0 Å². The lowest BCUT2D eigenvalue weighted by Crippen LogP contribution is -2.16. The van der Waals surface area contributed by atoms with Crippen molar-refractivity contribution in [2.24, 2.45) is 0 Å². The maximum atomic E-state index is 13.7. The summed E-state index contributed by atoms with van der Waals surface area (Å²) in [5, 5.41) is 7.69. The van der Waals surface area contributed by atoms with E-state index >= 15 is 0 Å². The van der Waals surface area contributed by atoms with Crippen LogP contribution in [-0.4, -0.2) is 15.8 Å². The first-order valence-corrected chi connectivity index (χ1v) is 6.82. The van der Waals surface area contributed by atoms with Gasteiger partial charge in [-0.25, -0.2) is 8.78 Å². The molecule has 0 unspecified atom stereocenters. The Bertz CT molecular complexity index is 618. The lowest BCUT2D eigenvalue weighted by atomic mass is 10.2. The normalized spacial score (nSPS) is 14.8. The molecule has 1 heterocycles. The van der Waals surface area contributed by atoms with Crippen LogP contribution in [0.3, 0.4) is 0 Å². The summed E-state index contributed by atoms with van der Waals surface area (Å²) < 4.78 is 28.6. The fourth-order valence-electron chi connectivity index (χ4n) is 2.19. The molecule has 1 aliphatic carbocycles. The number of nitrogens with zero attached hydrogens (tertiary/aromatic N) is 2. The second kappa shape index (κ2) is 5.32. The first kappa shape index (κ1) is 13.2. The van der Waals surface area contributed by atoms with Crippen molar-refractivity contribution in [1.82, 2.24) is 15.1 Å². The summed E-state index contributed by atoms with van der Waals surface area (Å²) >= 11 is 0. The summed E-state index contributed by atoms with van der Waals surface area (Å²) in [6, 6.07) is 4.86. The third-order valence-corrected chi connectivity index (χ3v) is 3.72. The second-order valence-electron chi connectivity index (χ2n) is 5.28. The molecule has 5 heteroatoms. The third kappa shape index (κ3) is 2.72. The van der Waals surface area contributed by atoms with Crippen LogP contribution in [0.15, 0.2) is 24.4 Å². The molecule has 0 atom stereocenters. The number of benzene rings is 1. The van der Waals surface area contributed by atoms with E-state index in [9.17, 15) is 8.78 Å². The van der Waals surface area contributed by atoms with Crippen molar-refractivity contribution in [3.8, 4) is 0 Å². The topological polar surface area (TPSA) is 29.9 Å². The Morgan fingerprint density at radius 1 is 1.30 bits per heavy atom. The van der Waals surface area contributed by atoms with Crippen molar-refractivity contribution in [3.63, 3.8) is 0 Å². The second-order valence-corrected chi connectivity index (χ2v) is 5.28. The molecule has 0 bridgehead atoms. The van der Waals surface area contributed by atoms with Crippen molar-refractivity contribution in [2.45, 2.75) is 38.9 Å². The Morgan fingerprint density at radius 2 is 2.10 bits per heavy atom. The zero-order valence-electron chi connectivity index (χ0n) is 11.4. The first-order chi connectivity index (χ1) is 9.65. The Kier molecular flexibility index (Phi) is 3.53. The van der Waals surface area contributed by atoms with Gasteiger partial charge in [-0.2, -0.15) is 5.10 Å². The lowest BCUT2D eigenvalue weighted by Gasteiger charge is -2.08. The van der Waals surface area contributed by atoms with E-state index in [0.717, 1.165) is 23.9 Å². The predicted molar refractivity (Wildman–Crippen MR) is 72.3 cm³/mol. The third-order valence-electron chi connectivity index (χ3n) is 3.72. The predicted octanol–water partition coefficient (Wildman–Crippen LogP) is 2.77. The van der Waals surface area contributed by atoms with E-state index < -0.39 is 11.6 Å². The van der Waals surface area contributed by atoms with Gasteiger partial charge in [-0.05, 0) is 25.8 Å². The molecule has 1 aromatic heterocycles. The van der Waals surface area contributed by atoms with Crippen LogP contribution in [0.2, 0.25) is 0 Å². The number of halogens is 2. The molecule has 0 spiro atoms. The molecule has 0 amide bonds. The van der Waals surface area contributed by atoms with Crippen molar-refractivity contribution in [3.05, 3.63) is 52.9 Å². The smallest absolute Gasteiger partial charge is 0.163 e. The van der Waals surface area contributed by atoms with Gasteiger partial charge in [0, 0.05) is 29.4 Å². The van der Waals surface area contributed by atoms with Crippen LogP contribution < -0.4 is 5.32 Å². The summed E-state index contributed by atoms with van der Waals surface area (Å²) in [5.74, 6) is -1.61. The summed E-state index contributed by atoms with van der Waals surface area (Å²) in [6.07, 6.45) is 4.27. The van der Waals surface area contributed by atoms with Crippen LogP contribution in [0.5, 0.6) is 0 Å². The van der Waals surface area contributed by atoms with Gasteiger partial charge in [0.25, 0.3) is 0 Å². The monoisotopic (exact) mass is 277 g/mol. The zero-order valence-corrected chi connectivity index (χ0v) is 11.4. The summed E-state index contributed by atoms with van der Waals surface area (Å²) in [4.78, 5) is 0. The van der Waals surface area contributed by atoms with E-state index in [-0.39, 0.29) is 6.54 Å². The Labute approximate surface area is 116 Å². The highest BCUT2D eigenvalue weighted by Crippen LogP contribution is 2.20. The van der Waals surface area contributed by atoms with E-state index in [2.05, 4.69) is 10.4 Å². The Hall–Kier alpha value is -1.75. The van der Waals surface area contributed by atoms with Gasteiger partial charge in [0.15, 0.2) is 11.6 Å². The number of hydrogen-bond donors (Lipinski definition) is 1. The van der Waals surface area contributed by atoms with Gasteiger partial charge in [-0.3, -0.25) is 4.68 Å². The quantitative estimate of drug-likeness (QED) is 0.910. The van der Waals surface area contributed by atoms with E-state index in [0.29, 0.717) is 11.6 Å². The minimum Gasteiger partial charge on any atom is -0.310 e. The van der Waals surface area contributed by atoms with Crippen LogP contribution in [-0.2, 0) is 13.1 Å². The first-order valence-electron chi connectivity index (χ1n) is 6.82. The fourth-order valence-corrected chi connectivity index (χ4v) is 2.19. The molecule has 3 nitrogen and oxygen atoms in total. The molecule has 0 radical (unpaired) electrons. The molecule has 1 saturated carbocycles. The summed E-state index contributed by atoms with van der Waals surface area (Å²) in [6.45, 7) is 2.98. The van der Waals surface area contributed by atoms with E-state index in [1.54, 1.807) is 16.9 Å². The highest BCUT2D eigenvalue weighted by molar-refractivity contribution is 5.22. The largest absolute Gasteiger partial charge is 0.310 e. The highest BCUT2D eigenvalue weighted by atomic mass is 19.2. The average Bonchev–Trinajstić information content (AvgIpc) is 3.20. The number of aromatic nitrogens is 2. The summed E-state index contributed by atoms with van der Waals surface area (Å²) in [5.41, 5.74) is 2.41. The van der Waals surface area contributed by atoms with Gasteiger partial charge in [0.05, 0.1) is 12.7 Å². The van der Waals surface area contributed by atoms with Gasteiger partial charge < -0.3 is 5.32 Å². The van der Waals surface area contributed by atoms with E-state index in [4.69, 9.17) is 0 Å². The standard InChI is InChI=1S/C15H17F2N3/c1-10-12(7-18-13-5-6-13)8-19-20(10)9-11-3-2-4-14(16)15(11)17/h2-4,8,13,18H,5-7,9H2,1H3. The van der Waals surface area contributed by atoms with Gasteiger partial charge in [-0.15, -0.1) is 0 Å². The van der Waals surface area contributed by atoms with Crippen molar-refractivity contribution < 1.29 is 8.78 Å². The maximum absolute atomic E-state index is 13.7. The van der Waals surface area contributed by atoms with E-state index in [1.165, 1.54) is 18.9 Å². The molecule has 1 fully saturated rings. The van der Waals surface area contributed by atoms with E-state index in [1.807, 2.05) is 6.92 Å². The van der Waals surface area contributed by atoms with Crippen molar-refractivity contribution >= 4 is 0 Å². The van der Waals surface area contributed by atoms with Gasteiger partial charge in [0.1, 0.15) is 0 Å². The maximum Gasteiger partial charge on any atom is 0.163 e. The molecule has 106 valence electrons. The van der Waals surface area contributed by atoms with Gasteiger partial charge in [-0.1, -0.05) is 12.1 Å². The molecule has 0 aliphatic heterocycles. The zero-order chi connectivity index (χ0) is 14.1. The van der Waals surface area contributed by atoms with Gasteiger partial charge in [0.2, 0.25) is 0 Å².